The summed E-state index contributed by atoms with van der Waals surface area (Å²) in [5.41, 5.74) is 6.81. The summed E-state index contributed by atoms with van der Waals surface area (Å²) >= 11 is 0. The Morgan fingerprint density at radius 3 is 2.92 bits per heavy atom. The van der Waals surface area contributed by atoms with Crippen LogP contribution in [0.5, 0.6) is 5.75 Å². The molecule has 0 aromatic heterocycles. The first-order valence-electron chi connectivity index (χ1n) is 4.28. The van der Waals surface area contributed by atoms with Crippen molar-refractivity contribution in [3.8, 4) is 5.75 Å². The van der Waals surface area contributed by atoms with Gasteiger partial charge >= 0.3 is 0 Å². The van der Waals surface area contributed by atoms with E-state index < -0.39 is 0 Å². The Labute approximate surface area is 78.1 Å². The van der Waals surface area contributed by atoms with Gasteiger partial charge in [-0.15, -0.1) is 0 Å². The van der Waals surface area contributed by atoms with Crippen LogP contribution in [0, 0.1) is 0 Å². The maximum absolute atomic E-state index is 8.71. The number of aliphatic hydroxyl groups excluding tert-OH is 1. The molecule has 1 aromatic carbocycles. The van der Waals surface area contributed by atoms with Crippen molar-refractivity contribution in [3.63, 3.8) is 0 Å². The number of benzene rings is 1. The zero-order valence-electron chi connectivity index (χ0n) is 7.73. The molecule has 1 rings (SSSR count). The number of ether oxygens (including phenoxy) is 1. The summed E-state index contributed by atoms with van der Waals surface area (Å²) in [4.78, 5) is 0. The number of nitrogens with two attached hydrogens (primary N) is 1. The fraction of sp³-hybridized carbons (Fsp3) is 0.400. The Morgan fingerprint density at radius 1 is 1.54 bits per heavy atom. The highest BCUT2D eigenvalue weighted by Crippen LogP contribution is 2.19. The maximum atomic E-state index is 8.71. The molecule has 1 unspecified atom stereocenters. The Balaban J connectivity index is 2.75. The monoisotopic (exact) mass is 181 g/mol. The van der Waals surface area contributed by atoms with E-state index in [4.69, 9.17) is 15.6 Å². The van der Waals surface area contributed by atoms with E-state index >= 15 is 0 Å². The van der Waals surface area contributed by atoms with Crippen molar-refractivity contribution in [2.75, 3.05) is 13.7 Å². The molecule has 0 aliphatic heterocycles. The quantitative estimate of drug-likeness (QED) is 0.730. The average Bonchev–Trinajstić information content (AvgIpc) is 2.18. The minimum Gasteiger partial charge on any atom is -0.497 e. The molecule has 0 aliphatic rings. The normalized spacial score (nSPS) is 12.5. The van der Waals surface area contributed by atoms with Gasteiger partial charge in [0.05, 0.1) is 7.11 Å². The van der Waals surface area contributed by atoms with Crippen LogP contribution in [-0.2, 0) is 0 Å². The lowest BCUT2D eigenvalue weighted by Crippen LogP contribution is -2.11. The van der Waals surface area contributed by atoms with Crippen LogP contribution in [0.4, 0.5) is 0 Å². The second-order valence-corrected chi connectivity index (χ2v) is 2.90. The van der Waals surface area contributed by atoms with Crippen LogP contribution >= 0.6 is 0 Å². The first-order valence-corrected chi connectivity index (χ1v) is 4.28. The fourth-order valence-electron chi connectivity index (χ4n) is 1.18. The van der Waals surface area contributed by atoms with E-state index in [0.29, 0.717) is 6.42 Å². The van der Waals surface area contributed by atoms with Crippen LogP contribution in [0.2, 0.25) is 0 Å². The zero-order valence-corrected chi connectivity index (χ0v) is 7.73. The summed E-state index contributed by atoms with van der Waals surface area (Å²) in [5, 5.41) is 8.71. The molecule has 3 nitrogen and oxygen atoms in total. The molecule has 1 aromatic rings. The lowest BCUT2D eigenvalue weighted by molar-refractivity contribution is 0.276. The molecule has 13 heavy (non-hydrogen) atoms. The third kappa shape index (κ3) is 2.72. The van der Waals surface area contributed by atoms with Gasteiger partial charge in [-0.05, 0) is 24.1 Å². The summed E-state index contributed by atoms with van der Waals surface area (Å²) < 4.78 is 5.07. The van der Waals surface area contributed by atoms with Crippen molar-refractivity contribution in [3.05, 3.63) is 29.8 Å². The van der Waals surface area contributed by atoms with E-state index in [1.54, 1.807) is 7.11 Å². The summed E-state index contributed by atoms with van der Waals surface area (Å²) in [6.45, 7) is 0.110. The summed E-state index contributed by atoms with van der Waals surface area (Å²) in [5.74, 6) is 0.797. The molecule has 1 atom stereocenters. The minimum atomic E-state index is -0.111. The van der Waals surface area contributed by atoms with E-state index in [1.807, 2.05) is 24.3 Å². The molecule has 0 saturated heterocycles. The van der Waals surface area contributed by atoms with Crippen LogP contribution in [0.25, 0.3) is 0 Å². The second-order valence-electron chi connectivity index (χ2n) is 2.90. The Kier molecular flexibility index (Phi) is 3.73. The van der Waals surface area contributed by atoms with E-state index in [0.717, 1.165) is 11.3 Å². The van der Waals surface area contributed by atoms with Crippen LogP contribution in [0.3, 0.4) is 0 Å². The average molecular weight is 181 g/mol. The maximum Gasteiger partial charge on any atom is 0.119 e. The van der Waals surface area contributed by atoms with Crippen LogP contribution in [0.1, 0.15) is 18.0 Å². The van der Waals surface area contributed by atoms with E-state index in [9.17, 15) is 0 Å². The smallest absolute Gasteiger partial charge is 0.119 e. The highest BCUT2D eigenvalue weighted by atomic mass is 16.5. The molecule has 0 radical (unpaired) electrons. The Hall–Kier alpha value is -1.06. The molecule has 0 bridgehead atoms. The second kappa shape index (κ2) is 4.84. The van der Waals surface area contributed by atoms with Gasteiger partial charge in [-0.25, -0.2) is 0 Å². The molecule has 0 aliphatic carbocycles. The molecule has 0 saturated carbocycles. The number of rotatable bonds is 4. The van der Waals surface area contributed by atoms with Gasteiger partial charge in [0.15, 0.2) is 0 Å². The Morgan fingerprint density at radius 2 is 2.31 bits per heavy atom. The molecule has 0 amide bonds. The summed E-state index contributed by atoms with van der Waals surface area (Å²) in [7, 11) is 1.62. The third-order valence-electron chi connectivity index (χ3n) is 1.96. The van der Waals surface area contributed by atoms with E-state index in [2.05, 4.69) is 0 Å². The number of hydrogen-bond acceptors (Lipinski definition) is 3. The number of aliphatic hydroxyl groups is 1. The van der Waals surface area contributed by atoms with Crippen LogP contribution in [0.15, 0.2) is 24.3 Å². The summed E-state index contributed by atoms with van der Waals surface area (Å²) in [6.07, 6.45) is 0.577. The first-order chi connectivity index (χ1) is 6.27. The van der Waals surface area contributed by atoms with Crippen molar-refractivity contribution in [2.45, 2.75) is 12.5 Å². The van der Waals surface area contributed by atoms with E-state index in [-0.39, 0.29) is 12.6 Å². The summed E-state index contributed by atoms with van der Waals surface area (Å²) in [6, 6.07) is 7.48. The van der Waals surface area contributed by atoms with Crippen LogP contribution < -0.4 is 10.5 Å². The minimum absolute atomic E-state index is 0.110. The Bertz CT molecular complexity index is 263. The largest absolute Gasteiger partial charge is 0.497 e. The molecule has 3 N–H and O–H groups in total. The molecular formula is C10H15NO2. The number of methoxy groups -OCH3 is 1. The van der Waals surface area contributed by atoms with Gasteiger partial charge in [0, 0.05) is 12.6 Å². The topological polar surface area (TPSA) is 55.5 Å². The van der Waals surface area contributed by atoms with E-state index in [1.165, 1.54) is 0 Å². The fourth-order valence-corrected chi connectivity index (χ4v) is 1.18. The van der Waals surface area contributed by atoms with Gasteiger partial charge in [0.25, 0.3) is 0 Å². The van der Waals surface area contributed by atoms with Crippen LogP contribution in [-0.4, -0.2) is 18.8 Å². The first kappa shape index (κ1) is 10.0. The van der Waals surface area contributed by atoms with Gasteiger partial charge in [0.2, 0.25) is 0 Å². The molecule has 3 heteroatoms. The highest BCUT2D eigenvalue weighted by Gasteiger charge is 2.05. The lowest BCUT2D eigenvalue weighted by atomic mass is 10.1. The third-order valence-corrected chi connectivity index (χ3v) is 1.96. The standard InChI is InChI=1S/C10H15NO2/c1-13-9-4-2-3-8(7-9)10(11)5-6-12/h2-4,7,10,12H,5-6,11H2,1H3. The molecule has 0 heterocycles. The number of hydrogen-bond donors (Lipinski definition) is 2. The van der Waals surface area contributed by atoms with Crippen molar-refractivity contribution in [1.82, 2.24) is 0 Å². The zero-order chi connectivity index (χ0) is 9.68. The predicted octanol–water partition coefficient (Wildman–Crippen LogP) is 1.08. The van der Waals surface area contributed by atoms with Gasteiger partial charge < -0.3 is 15.6 Å². The van der Waals surface area contributed by atoms with Gasteiger partial charge in [-0.3, -0.25) is 0 Å². The van der Waals surface area contributed by atoms with Crippen molar-refractivity contribution >= 4 is 0 Å². The molecular weight excluding hydrogens is 166 g/mol. The van der Waals surface area contributed by atoms with Crippen molar-refractivity contribution in [1.29, 1.82) is 0 Å². The van der Waals surface area contributed by atoms with Gasteiger partial charge in [0.1, 0.15) is 5.75 Å². The molecule has 0 fully saturated rings. The lowest BCUT2D eigenvalue weighted by Gasteiger charge is -2.11. The molecule has 0 spiro atoms. The SMILES string of the molecule is COc1cccc(C(N)CCO)c1. The van der Waals surface area contributed by atoms with Crippen molar-refractivity contribution in [2.24, 2.45) is 5.73 Å². The van der Waals surface area contributed by atoms with Gasteiger partial charge in [-0.1, -0.05) is 12.1 Å². The van der Waals surface area contributed by atoms with Gasteiger partial charge in [-0.2, -0.15) is 0 Å². The van der Waals surface area contributed by atoms with Crippen molar-refractivity contribution < 1.29 is 9.84 Å². The predicted molar refractivity (Wildman–Crippen MR) is 51.6 cm³/mol. The highest BCUT2D eigenvalue weighted by molar-refractivity contribution is 5.30. The molecule has 72 valence electrons.